The molecule has 0 radical (unpaired) electrons. The van der Waals surface area contributed by atoms with E-state index in [1.807, 2.05) is 12.1 Å². The van der Waals surface area contributed by atoms with Crippen molar-refractivity contribution in [2.75, 3.05) is 13.3 Å². The molecule has 1 N–H and O–H groups in total. The molecule has 0 aliphatic carbocycles. The zero-order valence-corrected chi connectivity index (χ0v) is 15.0. The van der Waals surface area contributed by atoms with Crippen molar-refractivity contribution >= 4 is 23.1 Å². The number of ketones is 1. The first-order valence-corrected chi connectivity index (χ1v) is 8.82. The van der Waals surface area contributed by atoms with Gasteiger partial charge in [-0.1, -0.05) is 11.6 Å². The summed E-state index contributed by atoms with van der Waals surface area (Å²) in [4.78, 5) is 12.6. The van der Waals surface area contributed by atoms with E-state index in [1.54, 1.807) is 37.3 Å². The summed E-state index contributed by atoms with van der Waals surface area (Å²) in [6, 6.07) is 10.9. The number of rotatable bonds is 4. The number of carbonyl (C=O) groups excluding carboxylic acids is 1. The highest BCUT2D eigenvalue weighted by Crippen LogP contribution is 2.38. The van der Waals surface area contributed by atoms with Crippen LogP contribution in [-0.2, 0) is 11.2 Å². The lowest BCUT2D eigenvalue weighted by molar-refractivity contribution is -0.120. The normalized spacial score (nSPS) is 17.4. The Morgan fingerprint density at radius 2 is 1.96 bits per heavy atom. The van der Waals surface area contributed by atoms with E-state index >= 15 is 0 Å². The standard InChI is InChI=1S/C20H18ClNO4/c1-12(26-15-4-2-14(21)3-5-15)18(23)10-17-16-9-20-19(24-11-25-20)8-13(16)6-7-22-17/h2-5,8-10,12,22H,6-7,11H2,1H3/b17-10-. The van der Waals surface area contributed by atoms with Crippen molar-refractivity contribution in [3.8, 4) is 17.2 Å². The van der Waals surface area contributed by atoms with Crippen LogP contribution in [0.3, 0.4) is 0 Å². The fraction of sp³-hybridized carbons (Fsp3) is 0.250. The fourth-order valence-electron chi connectivity index (χ4n) is 3.03. The van der Waals surface area contributed by atoms with Gasteiger partial charge in [0.25, 0.3) is 0 Å². The van der Waals surface area contributed by atoms with Gasteiger partial charge in [0.2, 0.25) is 6.79 Å². The van der Waals surface area contributed by atoms with Gasteiger partial charge in [0.15, 0.2) is 23.4 Å². The molecule has 6 heteroatoms. The van der Waals surface area contributed by atoms with E-state index < -0.39 is 6.10 Å². The number of ether oxygens (including phenoxy) is 3. The molecule has 0 spiro atoms. The lowest BCUT2D eigenvalue weighted by atomic mass is 9.96. The Hall–Kier alpha value is -2.66. The van der Waals surface area contributed by atoms with Gasteiger partial charge in [0.1, 0.15) is 5.75 Å². The van der Waals surface area contributed by atoms with Crippen LogP contribution in [0.2, 0.25) is 5.02 Å². The first-order chi connectivity index (χ1) is 12.6. The van der Waals surface area contributed by atoms with E-state index in [4.69, 9.17) is 25.8 Å². The topological polar surface area (TPSA) is 56.8 Å². The predicted octanol–water partition coefficient (Wildman–Crippen LogP) is 3.59. The van der Waals surface area contributed by atoms with E-state index in [-0.39, 0.29) is 12.6 Å². The van der Waals surface area contributed by atoms with Gasteiger partial charge in [-0.3, -0.25) is 4.79 Å². The van der Waals surface area contributed by atoms with Crippen molar-refractivity contribution in [2.45, 2.75) is 19.4 Å². The van der Waals surface area contributed by atoms with Crippen molar-refractivity contribution in [3.05, 3.63) is 58.6 Å². The number of hydrogen-bond donors (Lipinski definition) is 1. The Kier molecular flexibility index (Phi) is 4.47. The second kappa shape index (κ2) is 6.92. The molecule has 2 heterocycles. The number of benzene rings is 2. The molecule has 0 amide bonds. The number of halogens is 1. The molecule has 1 unspecified atom stereocenters. The van der Waals surface area contributed by atoms with Crippen LogP contribution >= 0.6 is 11.6 Å². The molecule has 0 saturated carbocycles. The highest BCUT2D eigenvalue weighted by Gasteiger charge is 2.23. The Labute approximate surface area is 156 Å². The smallest absolute Gasteiger partial charge is 0.231 e. The summed E-state index contributed by atoms with van der Waals surface area (Å²) in [5.74, 6) is 1.95. The van der Waals surface area contributed by atoms with Gasteiger partial charge in [-0.25, -0.2) is 0 Å². The number of carbonyl (C=O) groups is 1. The van der Waals surface area contributed by atoms with Crippen LogP contribution in [0.5, 0.6) is 17.2 Å². The molecule has 4 rings (SSSR count). The Balaban J connectivity index is 1.55. The molecular formula is C20H18ClNO4. The predicted molar refractivity (Wildman–Crippen MR) is 98.8 cm³/mol. The SMILES string of the molecule is CC(Oc1ccc(Cl)cc1)C(=O)/C=C1\NCCc2cc3c(cc21)OCO3. The zero-order valence-electron chi connectivity index (χ0n) is 14.3. The van der Waals surface area contributed by atoms with Crippen molar-refractivity contribution in [1.82, 2.24) is 5.32 Å². The van der Waals surface area contributed by atoms with Crippen LogP contribution in [0.4, 0.5) is 0 Å². The second-order valence-electron chi connectivity index (χ2n) is 6.21. The van der Waals surface area contributed by atoms with Gasteiger partial charge in [0.05, 0.1) is 0 Å². The molecule has 2 aromatic carbocycles. The maximum atomic E-state index is 12.6. The summed E-state index contributed by atoms with van der Waals surface area (Å²) in [6.45, 7) is 2.73. The maximum Gasteiger partial charge on any atom is 0.231 e. The minimum absolute atomic E-state index is 0.118. The van der Waals surface area contributed by atoms with Crippen LogP contribution in [0, 0.1) is 0 Å². The highest BCUT2D eigenvalue weighted by atomic mass is 35.5. The lowest BCUT2D eigenvalue weighted by Crippen LogP contribution is -2.27. The third kappa shape index (κ3) is 3.35. The lowest BCUT2D eigenvalue weighted by Gasteiger charge is -2.22. The van der Waals surface area contributed by atoms with Crippen molar-refractivity contribution in [1.29, 1.82) is 0 Å². The van der Waals surface area contributed by atoms with Crippen molar-refractivity contribution < 1.29 is 19.0 Å². The van der Waals surface area contributed by atoms with Gasteiger partial charge < -0.3 is 19.5 Å². The van der Waals surface area contributed by atoms with Crippen molar-refractivity contribution in [2.24, 2.45) is 0 Å². The third-order valence-corrected chi connectivity index (χ3v) is 4.66. The summed E-state index contributed by atoms with van der Waals surface area (Å²) in [6.07, 6.45) is 1.86. The molecule has 0 saturated heterocycles. The summed E-state index contributed by atoms with van der Waals surface area (Å²) < 4.78 is 16.6. The van der Waals surface area contributed by atoms with E-state index in [9.17, 15) is 4.79 Å². The molecule has 26 heavy (non-hydrogen) atoms. The molecule has 1 atom stereocenters. The van der Waals surface area contributed by atoms with E-state index in [2.05, 4.69) is 5.32 Å². The van der Waals surface area contributed by atoms with Gasteiger partial charge >= 0.3 is 0 Å². The molecule has 2 aliphatic rings. The molecule has 5 nitrogen and oxygen atoms in total. The number of nitrogens with one attached hydrogen (secondary N) is 1. The van der Waals surface area contributed by atoms with Crippen LogP contribution in [0.1, 0.15) is 18.1 Å². The first-order valence-electron chi connectivity index (χ1n) is 8.45. The van der Waals surface area contributed by atoms with Crippen molar-refractivity contribution in [3.63, 3.8) is 0 Å². The summed E-state index contributed by atoms with van der Waals surface area (Å²) in [7, 11) is 0. The molecule has 2 aliphatic heterocycles. The van der Waals surface area contributed by atoms with Gasteiger partial charge in [-0.2, -0.15) is 0 Å². The Morgan fingerprint density at radius 3 is 2.73 bits per heavy atom. The average molecular weight is 372 g/mol. The minimum Gasteiger partial charge on any atom is -0.483 e. The quantitative estimate of drug-likeness (QED) is 0.832. The summed E-state index contributed by atoms with van der Waals surface area (Å²) in [5, 5.41) is 3.92. The summed E-state index contributed by atoms with van der Waals surface area (Å²) in [5.41, 5.74) is 2.88. The maximum absolute atomic E-state index is 12.6. The van der Waals surface area contributed by atoms with Crippen LogP contribution in [0.25, 0.3) is 5.70 Å². The molecule has 0 aromatic heterocycles. The number of fused-ring (bicyclic) bond motifs is 2. The molecule has 2 aromatic rings. The highest BCUT2D eigenvalue weighted by molar-refractivity contribution is 6.30. The van der Waals surface area contributed by atoms with Crippen LogP contribution < -0.4 is 19.5 Å². The molecule has 134 valence electrons. The largest absolute Gasteiger partial charge is 0.483 e. The van der Waals surface area contributed by atoms with Crippen LogP contribution in [0.15, 0.2) is 42.5 Å². The van der Waals surface area contributed by atoms with E-state index in [0.717, 1.165) is 35.5 Å². The van der Waals surface area contributed by atoms with Crippen LogP contribution in [-0.4, -0.2) is 25.2 Å². The van der Waals surface area contributed by atoms with E-state index in [0.29, 0.717) is 16.5 Å². The summed E-state index contributed by atoms with van der Waals surface area (Å²) >= 11 is 5.87. The molecule has 0 fully saturated rings. The van der Waals surface area contributed by atoms with Gasteiger partial charge in [-0.05, 0) is 55.3 Å². The second-order valence-corrected chi connectivity index (χ2v) is 6.65. The monoisotopic (exact) mass is 371 g/mol. The zero-order chi connectivity index (χ0) is 18.1. The van der Waals surface area contributed by atoms with E-state index in [1.165, 1.54) is 0 Å². The third-order valence-electron chi connectivity index (χ3n) is 4.41. The molecule has 0 bridgehead atoms. The first kappa shape index (κ1) is 16.8. The average Bonchev–Trinajstić information content (AvgIpc) is 3.09. The fourth-order valence-corrected chi connectivity index (χ4v) is 3.16. The van der Waals surface area contributed by atoms with Gasteiger partial charge in [-0.15, -0.1) is 0 Å². The van der Waals surface area contributed by atoms with Gasteiger partial charge in [0, 0.05) is 28.9 Å². The number of hydrogen-bond acceptors (Lipinski definition) is 5. The molecular weight excluding hydrogens is 354 g/mol. The Bertz CT molecular complexity index is 876. The minimum atomic E-state index is -0.607. The Morgan fingerprint density at radius 1 is 1.23 bits per heavy atom.